The molecule has 1 aromatic heterocycles. The maximum atomic E-state index is 12.8. The predicted octanol–water partition coefficient (Wildman–Crippen LogP) is 2.12. The van der Waals surface area contributed by atoms with Crippen LogP contribution in [-0.4, -0.2) is 34.9 Å². The van der Waals surface area contributed by atoms with E-state index in [-0.39, 0.29) is 24.3 Å². The predicted molar refractivity (Wildman–Crippen MR) is 99.1 cm³/mol. The fourth-order valence-electron chi connectivity index (χ4n) is 3.40. The van der Waals surface area contributed by atoms with E-state index in [1.54, 1.807) is 24.4 Å². The third kappa shape index (κ3) is 3.26. The van der Waals surface area contributed by atoms with Gasteiger partial charge in [0.15, 0.2) is 0 Å². The lowest BCUT2D eigenvalue weighted by molar-refractivity contribution is -0.124. The number of hydrogen-bond donors (Lipinski definition) is 3. The Morgan fingerprint density at radius 3 is 2.59 bits per heavy atom. The van der Waals surface area contributed by atoms with Crippen LogP contribution in [0.4, 0.5) is 4.79 Å². The zero-order valence-electron chi connectivity index (χ0n) is 14.3. The number of nitrogens with one attached hydrogen (secondary N) is 3. The van der Waals surface area contributed by atoms with E-state index in [9.17, 15) is 14.4 Å². The Kier molecular flexibility index (Phi) is 4.31. The highest BCUT2D eigenvalue weighted by atomic mass is 35.5. The fourth-order valence-corrected chi connectivity index (χ4v) is 3.53. The van der Waals surface area contributed by atoms with Gasteiger partial charge in [0, 0.05) is 23.0 Å². The first kappa shape index (κ1) is 17.5. The molecule has 3 N–H and O–H groups in total. The van der Waals surface area contributed by atoms with Gasteiger partial charge in [-0.15, -0.1) is 0 Å². The summed E-state index contributed by atoms with van der Waals surface area (Å²) in [6, 6.07) is 8.21. The van der Waals surface area contributed by atoms with Crippen molar-refractivity contribution in [3.8, 4) is 11.1 Å². The van der Waals surface area contributed by atoms with Gasteiger partial charge in [-0.2, -0.15) is 0 Å². The van der Waals surface area contributed by atoms with Gasteiger partial charge in [-0.3, -0.25) is 19.9 Å². The van der Waals surface area contributed by atoms with Crippen LogP contribution in [0.3, 0.4) is 0 Å². The van der Waals surface area contributed by atoms with E-state index in [0.717, 1.165) is 18.4 Å². The van der Waals surface area contributed by atoms with Crippen molar-refractivity contribution in [3.05, 3.63) is 53.3 Å². The molecule has 1 aromatic carbocycles. The molecular formula is C19H17ClN4O3. The summed E-state index contributed by atoms with van der Waals surface area (Å²) in [6.45, 7) is 0.0381. The first-order valence-electron chi connectivity index (χ1n) is 8.61. The third-order valence-corrected chi connectivity index (χ3v) is 5.24. The SMILES string of the molecule is O=C1NC(=O)[C@](CNC(=O)c2ccncc2-c2ccc(Cl)cc2)(C2CC2)N1. The maximum Gasteiger partial charge on any atom is 0.322 e. The molecular weight excluding hydrogens is 368 g/mol. The molecule has 4 amide bonds. The number of hydrogen-bond acceptors (Lipinski definition) is 4. The van der Waals surface area contributed by atoms with Crippen molar-refractivity contribution in [2.24, 2.45) is 5.92 Å². The van der Waals surface area contributed by atoms with Crippen molar-refractivity contribution in [1.29, 1.82) is 0 Å². The van der Waals surface area contributed by atoms with E-state index in [1.165, 1.54) is 6.20 Å². The molecule has 2 fully saturated rings. The molecule has 1 saturated carbocycles. The number of rotatable bonds is 5. The van der Waals surface area contributed by atoms with Gasteiger partial charge in [0.25, 0.3) is 11.8 Å². The number of pyridine rings is 1. The quantitative estimate of drug-likeness (QED) is 0.687. The van der Waals surface area contributed by atoms with Crippen molar-refractivity contribution in [1.82, 2.24) is 20.9 Å². The summed E-state index contributed by atoms with van der Waals surface area (Å²) in [4.78, 5) is 40.8. The van der Waals surface area contributed by atoms with Crippen LogP contribution in [0.2, 0.25) is 5.02 Å². The average Bonchev–Trinajstić information content (AvgIpc) is 3.47. The lowest BCUT2D eigenvalue weighted by Gasteiger charge is -2.26. The Bertz CT molecular complexity index is 927. The lowest BCUT2D eigenvalue weighted by Crippen LogP contribution is -2.57. The van der Waals surface area contributed by atoms with E-state index in [2.05, 4.69) is 20.9 Å². The zero-order chi connectivity index (χ0) is 19.0. The Hall–Kier alpha value is -2.93. The van der Waals surface area contributed by atoms with Crippen molar-refractivity contribution in [2.45, 2.75) is 18.4 Å². The normalized spacial score (nSPS) is 21.5. The van der Waals surface area contributed by atoms with Crippen molar-refractivity contribution < 1.29 is 14.4 Å². The van der Waals surface area contributed by atoms with Gasteiger partial charge in [0.05, 0.1) is 12.1 Å². The Morgan fingerprint density at radius 1 is 1.22 bits per heavy atom. The molecule has 1 atom stereocenters. The van der Waals surface area contributed by atoms with Gasteiger partial charge in [-0.25, -0.2) is 4.79 Å². The third-order valence-electron chi connectivity index (χ3n) is 4.99. The number of imide groups is 1. The standard InChI is InChI=1S/C19H17ClN4O3/c20-13-5-1-11(2-6-13)15-9-21-8-7-14(15)16(25)22-10-19(12-3-4-12)17(26)23-18(27)24-19/h1-2,5-9,12H,3-4,10H2,(H,22,25)(H2,23,24,26,27)/t19-/m0/s1. The number of carbonyl (C=O) groups is 3. The molecule has 2 heterocycles. The molecule has 0 bridgehead atoms. The van der Waals surface area contributed by atoms with E-state index in [1.807, 2.05) is 12.1 Å². The lowest BCUT2D eigenvalue weighted by atomic mass is 9.93. The highest BCUT2D eigenvalue weighted by molar-refractivity contribution is 6.30. The number of halogens is 1. The molecule has 27 heavy (non-hydrogen) atoms. The molecule has 8 heteroatoms. The number of carbonyl (C=O) groups excluding carboxylic acids is 3. The number of benzene rings is 1. The molecule has 0 radical (unpaired) electrons. The smallest absolute Gasteiger partial charge is 0.322 e. The Morgan fingerprint density at radius 2 is 1.96 bits per heavy atom. The fraction of sp³-hybridized carbons (Fsp3) is 0.263. The average molecular weight is 385 g/mol. The molecule has 2 aromatic rings. The summed E-state index contributed by atoms with van der Waals surface area (Å²) >= 11 is 5.93. The van der Waals surface area contributed by atoms with Gasteiger partial charge in [-0.05, 0) is 42.5 Å². The van der Waals surface area contributed by atoms with Crippen molar-refractivity contribution >= 4 is 29.4 Å². The van der Waals surface area contributed by atoms with E-state index >= 15 is 0 Å². The minimum absolute atomic E-state index is 0.0381. The summed E-state index contributed by atoms with van der Waals surface area (Å²) in [6.07, 6.45) is 4.83. The van der Waals surface area contributed by atoms with E-state index in [0.29, 0.717) is 16.1 Å². The van der Waals surface area contributed by atoms with Gasteiger partial charge < -0.3 is 10.6 Å². The summed E-state index contributed by atoms with van der Waals surface area (Å²) < 4.78 is 0. The van der Waals surface area contributed by atoms with Crippen LogP contribution < -0.4 is 16.0 Å². The largest absolute Gasteiger partial charge is 0.349 e. The van der Waals surface area contributed by atoms with Crippen LogP contribution in [0, 0.1) is 5.92 Å². The molecule has 1 aliphatic heterocycles. The summed E-state index contributed by atoms with van der Waals surface area (Å²) in [5.41, 5.74) is 0.830. The first-order valence-corrected chi connectivity index (χ1v) is 8.99. The van der Waals surface area contributed by atoms with Crippen LogP contribution in [-0.2, 0) is 4.79 Å². The maximum absolute atomic E-state index is 12.8. The second-order valence-corrected chi connectivity index (χ2v) is 7.20. The molecule has 1 saturated heterocycles. The molecule has 1 aliphatic carbocycles. The van der Waals surface area contributed by atoms with Gasteiger partial charge in [0.1, 0.15) is 5.54 Å². The molecule has 0 unspecified atom stereocenters. The molecule has 4 rings (SSSR count). The van der Waals surface area contributed by atoms with Gasteiger partial charge in [0.2, 0.25) is 0 Å². The van der Waals surface area contributed by atoms with Crippen LogP contribution in [0.5, 0.6) is 0 Å². The monoisotopic (exact) mass is 384 g/mol. The van der Waals surface area contributed by atoms with Crippen molar-refractivity contribution in [2.75, 3.05) is 6.54 Å². The minimum atomic E-state index is -1.07. The van der Waals surface area contributed by atoms with Gasteiger partial charge >= 0.3 is 6.03 Å². The second kappa shape index (κ2) is 6.66. The Balaban J connectivity index is 1.56. The van der Waals surface area contributed by atoms with Crippen LogP contribution in [0.15, 0.2) is 42.7 Å². The minimum Gasteiger partial charge on any atom is -0.349 e. The summed E-state index contributed by atoms with van der Waals surface area (Å²) in [5.74, 6) is -0.684. The number of urea groups is 1. The van der Waals surface area contributed by atoms with E-state index in [4.69, 9.17) is 11.6 Å². The summed E-state index contributed by atoms with van der Waals surface area (Å²) in [5, 5.41) is 8.38. The molecule has 138 valence electrons. The molecule has 7 nitrogen and oxygen atoms in total. The van der Waals surface area contributed by atoms with Crippen LogP contribution in [0.25, 0.3) is 11.1 Å². The van der Waals surface area contributed by atoms with Crippen LogP contribution in [0.1, 0.15) is 23.2 Å². The second-order valence-electron chi connectivity index (χ2n) is 6.76. The van der Waals surface area contributed by atoms with Crippen molar-refractivity contribution in [3.63, 3.8) is 0 Å². The van der Waals surface area contributed by atoms with Crippen LogP contribution >= 0.6 is 11.6 Å². The first-order chi connectivity index (χ1) is 13.0. The topological polar surface area (TPSA) is 100 Å². The zero-order valence-corrected chi connectivity index (χ0v) is 15.0. The molecule has 0 spiro atoms. The number of aromatic nitrogens is 1. The molecule has 2 aliphatic rings. The Labute approximate surface area is 160 Å². The highest BCUT2D eigenvalue weighted by Gasteiger charge is 2.56. The highest BCUT2D eigenvalue weighted by Crippen LogP contribution is 2.41. The summed E-state index contributed by atoms with van der Waals surface area (Å²) in [7, 11) is 0. The number of nitrogens with zero attached hydrogens (tertiary/aromatic N) is 1. The van der Waals surface area contributed by atoms with E-state index < -0.39 is 11.6 Å². The van der Waals surface area contributed by atoms with Gasteiger partial charge in [-0.1, -0.05) is 23.7 Å². The number of amides is 4.